The minimum absolute atomic E-state index is 0.249. The molecule has 7 heteroatoms. The fourth-order valence-electron chi connectivity index (χ4n) is 3.28. The molecular weight excluding hydrogens is 400 g/mol. The van der Waals surface area contributed by atoms with Gasteiger partial charge in [0.2, 0.25) is 0 Å². The largest absolute Gasteiger partial charge is 0.462 e. The highest BCUT2D eigenvalue weighted by Crippen LogP contribution is 2.30. The van der Waals surface area contributed by atoms with Crippen LogP contribution in [0, 0.1) is 5.92 Å². The van der Waals surface area contributed by atoms with Gasteiger partial charge in [0.05, 0.1) is 24.2 Å². The van der Waals surface area contributed by atoms with Crippen LogP contribution < -0.4 is 5.73 Å². The second-order valence-electron chi connectivity index (χ2n) is 7.43. The van der Waals surface area contributed by atoms with Crippen molar-refractivity contribution < 1.29 is 9.53 Å². The molecule has 0 saturated heterocycles. The highest BCUT2D eigenvalue weighted by molar-refractivity contribution is 6.31. The van der Waals surface area contributed by atoms with E-state index in [0.717, 1.165) is 17.5 Å². The highest BCUT2D eigenvalue weighted by atomic mass is 35.5. The number of halogens is 1. The standard InChI is InChI=1S/C23H23ClN4O2/c1-3-14(2)13-30-23(29)19-20-22(27-18-11-7-6-10-17(18)26-20)28(21(19)25)12-15-8-4-5-9-16(15)24/h4-11,14H,3,12-13,25H2,1-2H3/t14-/m0/s1. The van der Waals surface area contributed by atoms with Crippen LogP contribution in [-0.4, -0.2) is 27.1 Å². The number of hydrogen-bond donors (Lipinski definition) is 1. The number of nitrogens with two attached hydrogens (primary N) is 1. The van der Waals surface area contributed by atoms with Crippen LogP contribution in [0.1, 0.15) is 36.2 Å². The summed E-state index contributed by atoms with van der Waals surface area (Å²) in [5, 5.41) is 0.619. The Morgan fingerprint density at radius 3 is 2.50 bits per heavy atom. The Labute approximate surface area is 179 Å². The molecule has 6 nitrogen and oxygen atoms in total. The lowest BCUT2D eigenvalue weighted by Gasteiger charge is -2.10. The number of carbonyl (C=O) groups excluding carboxylic acids is 1. The Hall–Kier alpha value is -3.12. The third kappa shape index (κ3) is 3.71. The van der Waals surface area contributed by atoms with Crippen LogP contribution in [-0.2, 0) is 11.3 Å². The first kappa shape index (κ1) is 20.2. The molecule has 0 aliphatic rings. The number of aromatic nitrogens is 3. The quantitative estimate of drug-likeness (QED) is 0.438. The van der Waals surface area contributed by atoms with Crippen molar-refractivity contribution in [2.45, 2.75) is 26.8 Å². The topological polar surface area (TPSA) is 83.0 Å². The Bertz CT molecular complexity index is 1230. The molecule has 0 aliphatic heterocycles. The highest BCUT2D eigenvalue weighted by Gasteiger charge is 2.25. The van der Waals surface area contributed by atoms with Gasteiger partial charge in [-0.1, -0.05) is 62.2 Å². The van der Waals surface area contributed by atoms with Crippen LogP contribution in [0.5, 0.6) is 0 Å². The molecule has 0 unspecified atom stereocenters. The first-order chi connectivity index (χ1) is 14.5. The second kappa shape index (κ2) is 8.32. The van der Waals surface area contributed by atoms with E-state index in [-0.39, 0.29) is 17.3 Å². The van der Waals surface area contributed by atoms with Gasteiger partial charge in [-0.25, -0.2) is 14.8 Å². The molecule has 0 amide bonds. The number of benzene rings is 2. The van der Waals surface area contributed by atoms with Crippen molar-refractivity contribution in [3.05, 3.63) is 64.7 Å². The molecule has 0 spiro atoms. The van der Waals surface area contributed by atoms with E-state index in [4.69, 9.17) is 32.0 Å². The number of para-hydroxylation sites is 2. The van der Waals surface area contributed by atoms with Crippen molar-refractivity contribution >= 4 is 45.6 Å². The van der Waals surface area contributed by atoms with Gasteiger partial charge < -0.3 is 15.0 Å². The summed E-state index contributed by atoms with van der Waals surface area (Å²) in [4.78, 5) is 22.4. The van der Waals surface area contributed by atoms with Crippen molar-refractivity contribution in [1.29, 1.82) is 0 Å². The predicted molar refractivity (Wildman–Crippen MR) is 120 cm³/mol. The summed E-state index contributed by atoms with van der Waals surface area (Å²) < 4.78 is 7.32. The Balaban J connectivity index is 1.87. The summed E-state index contributed by atoms with van der Waals surface area (Å²) in [7, 11) is 0. The first-order valence-corrected chi connectivity index (χ1v) is 10.3. The van der Waals surface area contributed by atoms with Crippen molar-refractivity contribution in [1.82, 2.24) is 14.5 Å². The van der Waals surface area contributed by atoms with Gasteiger partial charge in [0, 0.05) is 5.02 Å². The van der Waals surface area contributed by atoms with Crippen LogP contribution in [0.2, 0.25) is 5.02 Å². The molecule has 0 aliphatic carbocycles. The van der Waals surface area contributed by atoms with Crippen LogP contribution in [0.3, 0.4) is 0 Å². The van der Waals surface area contributed by atoms with Gasteiger partial charge in [-0.05, 0) is 29.7 Å². The molecule has 2 heterocycles. The average Bonchev–Trinajstić information content (AvgIpc) is 3.02. The molecule has 0 saturated carbocycles. The van der Waals surface area contributed by atoms with Gasteiger partial charge in [-0.2, -0.15) is 0 Å². The molecule has 154 valence electrons. The lowest BCUT2D eigenvalue weighted by Crippen LogP contribution is -2.14. The van der Waals surface area contributed by atoms with Crippen LogP contribution in [0.4, 0.5) is 5.82 Å². The van der Waals surface area contributed by atoms with E-state index in [2.05, 4.69) is 6.92 Å². The Morgan fingerprint density at radius 1 is 1.13 bits per heavy atom. The van der Waals surface area contributed by atoms with Crippen molar-refractivity contribution in [3.8, 4) is 0 Å². The zero-order chi connectivity index (χ0) is 21.3. The molecular formula is C23H23ClN4O2. The zero-order valence-corrected chi connectivity index (χ0v) is 17.7. The van der Waals surface area contributed by atoms with Crippen molar-refractivity contribution in [2.24, 2.45) is 5.92 Å². The van der Waals surface area contributed by atoms with Gasteiger partial charge in [0.15, 0.2) is 5.65 Å². The van der Waals surface area contributed by atoms with E-state index >= 15 is 0 Å². The summed E-state index contributed by atoms with van der Waals surface area (Å²) in [6.45, 7) is 4.78. The van der Waals surface area contributed by atoms with Gasteiger partial charge in [-0.15, -0.1) is 0 Å². The van der Waals surface area contributed by atoms with E-state index < -0.39 is 5.97 Å². The van der Waals surface area contributed by atoms with Crippen LogP contribution >= 0.6 is 11.6 Å². The summed E-state index contributed by atoms with van der Waals surface area (Å²) in [5.74, 6) is 0.0493. The number of nitrogen functional groups attached to an aromatic ring is 1. The number of esters is 1. The molecule has 4 rings (SSSR count). The van der Waals surface area contributed by atoms with Gasteiger partial charge in [0.25, 0.3) is 0 Å². The molecule has 2 aromatic heterocycles. The summed E-state index contributed by atoms with van der Waals surface area (Å²) in [6, 6.07) is 15.0. The molecule has 0 bridgehead atoms. The average molecular weight is 423 g/mol. The Morgan fingerprint density at radius 2 is 1.80 bits per heavy atom. The molecule has 2 aromatic carbocycles. The molecule has 4 aromatic rings. The third-order valence-corrected chi connectivity index (χ3v) is 5.65. The lowest BCUT2D eigenvalue weighted by atomic mass is 10.1. The fourth-order valence-corrected chi connectivity index (χ4v) is 3.48. The number of nitrogens with zero attached hydrogens (tertiary/aromatic N) is 3. The molecule has 2 N–H and O–H groups in total. The van der Waals surface area contributed by atoms with Crippen LogP contribution in [0.25, 0.3) is 22.2 Å². The second-order valence-corrected chi connectivity index (χ2v) is 7.84. The summed E-state index contributed by atoms with van der Waals surface area (Å²) in [5.41, 5.74) is 9.96. The zero-order valence-electron chi connectivity index (χ0n) is 16.9. The third-order valence-electron chi connectivity index (χ3n) is 5.28. The number of anilines is 1. The number of hydrogen-bond acceptors (Lipinski definition) is 5. The Kier molecular flexibility index (Phi) is 5.59. The smallest absolute Gasteiger partial charge is 0.344 e. The molecule has 0 radical (unpaired) electrons. The summed E-state index contributed by atoms with van der Waals surface area (Å²) >= 11 is 6.36. The maximum absolute atomic E-state index is 13.0. The van der Waals surface area contributed by atoms with E-state index in [0.29, 0.717) is 34.9 Å². The number of ether oxygens (including phenoxy) is 1. The number of carbonyl (C=O) groups is 1. The number of rotatable bonds is 6. The minimum atomic E-state index is -0.486. The SMILES string of the molecule is CC[C@H](C)COC(=O)c1c(N)n(Cc2ccccc2Cl)c2nc3ccccc3nc12. The van der Waals surface area contributed by atoms with Gasteiger partial charge >= 0.3 is 5.97 Å². The molecule has 30 heavy (non-hydrogen) atoms. The molecule has 1 atom stereocenters. The van der Waals surface area contributed by atoms with Crippen molar-refractivity contribution in [2.75, 3.05) is 12.3 Å². The van der Waals surface area contributed by atoms with Gasteiger partial charge in [0.1, 0.15) is 16.9 Å². The lowest BCUT2D eigenvalue weighted by molar-refractivity contribution is 0.0450. The molecule has 0 fully saturated rings. The maximum atomic E-state index is 13.0. The first-order valence-electron chi connectivity index (χ1n) is 9.94. The van der Waals surface area contributed by atoms with E-state index in [9.17, 15) is 4.79 Å². The number of fused-ring (bicyclic) bond motifs is 2. The van der Waals surface area contributed by atoms with E-state index in [1.54, 1.807) is 4.57 Å². The predicted octanol–water partition coefficient (Wildman–Crippen LogP) is 5.07. The van der Waals surface area contributed by atoms with E-state index in [1.807, 2.05) is 55.5 Å². The normalized spacial score (nSPS) is 12.4. The van der Waals surface area contributed by atoms with Crippen molar-refractivity contribution in [3.63, 3.8) is 0 Å². The minimum Gasteiger partial charge on any atom is -0.462 e. The fraction of sp³-hybridized carbons (Fsp3) is 0.261. The van der Waals surface area contributed by atoms with Crippen LogP contribution in [0.15, 0.2) is 48.5 Å². The maximum Gasteiger partial charge on any atom is 0.344 e. The van der Waals surface area contributed by atoms with Gasteiger partial charge in [-0.3, -0.25) is 0 Å². The summed E-state index contributed by atoms with van der Waals surface area (Å²) in [6.07, 6.45) is 0.918. The van der Waals surface area contributed by atoms with E-state index in [1.165, 1.54) is 0 Å². The monoisotopic (exact) mass is 422 g/mol.